The van der Waals surface area contributed by atoms with Crippen LogP contribution in [0.2, 0.25) is 0 Å². The minimum Gasteiger partial charge on any atom is -0.378 e. The standard InChI is InChI=1S/C20H32N2O2/c1-7-24-17-12-20(21,19(17,4)5)18(23)22(6)13-15-8-10-16(11-9-15)14(2)3/h8-11,14,17H,7,12-13,21H2,1-6H3. The Morgan fingerprint density at radius 3 is 2.38 bits per heavy atom. The molecule has 2 unspecified atom stereocenters. The second-order valence-corrected chi connectivity index (χ2v) is 7.90. The van der Waals surface area contributed by atoms with E-state index in [9.17, 15) is 4.79 Å². The summed E-state index contributed by atoms with van der Waals surface area (Å²) in [6, 6.07) is 8.46. The highest BCUT2D eigenvalue weighted by Gasteiger charge is 2.63. The van der Waals surface area contributed by atoms with Crippen molar-refractivity contribution in [2.24, 2.45) is 11.1 Å². The minimum absolute atomic E-state index is 0.00334. The van der Waals surface area contributed by atoms with E-state index in [2.05, 4.69) is 38.1 Å². The van der Waals surface area contributed by atoms with Gasteiger partial charge in [-0.3, -0.25) is 4.79 Å². The van der Waals surface area contributed by atoms with Gasteiger partial charge >= 0.3 is 0 Å². The van der Waals surface area contributed by atoms with E-state index >= 15 is 0 Å². The number of carbonyl (C=O) groups excluding carboxylic acids is 1. The maximum Gasteiger partial charge on any atom is 0.243 e. The van der Waals surface area contributed by atoms with E-state index in [0.717, 1.165) is 5.56 Å². The summed E-state index contributed by atoms with van der Waals surface area (Å²) >= 11 is 0. The lowest BCUT2D eigenvalue weighted by Gasteiger charge is -2.58. The third-order valence-electron chi connectivity index (χ3n) is 5.62. The van der Waals surface area contributed by atoms with Crippen molar-refractivity contribution < 1.29 is 9.53 Å². The first-order valence-electron chi connectivity index (χ1n) is 8.88. The van der Waals surface area contributed by atoms with E-state index in [1.807, 2.05) is 27.8 Å². The van der Waals surface area contributed by atoms with Crippen molar-refractivity contribution in [3.05, 3.63) is 35.4 Å². The van der Waals surface area contributed by atoms with Gasteiger partial charge in [0.05, 0.1) is 6.10 Å². The van der Waals surface area contributed by atoms with Crippen LogP contribution < -0.4 is 5.73 Å². The fourth-order valence-corrected chi connectivity index (χ4v) is 3.49. The molecule has 0 saturated heterocycles. The fourth-order valence-electron chi connectivity index (χ4n) is 3.49. The quantitative estimate of drug-likeness (QED) is 0.869. The number of likely N-dealkylation sites (N-methyl/N-ethyl adjacent to an activating group) is 1. The summed E-state index contributed by atoms with van der Waals surface area (Å²) in [5.41, 5.74) is 7.72. The van der Waals surface area contributed by atoms with Gasteiger partial charge in [0.15, 0.2) is 0 Å². The molecule has 4 nitrogen and oxygen atoms in total. The molecular weight excluding hydrogens is 300 g/mol. The molecule has 0 spiro atoms. The highest BCUT2D eigenvalue weighted by Crippen LogP contribution is 2.50. The second-order valence-electron chi connectivity index (χ2n) is 7.90. The van der Waals surface area contributed by atoms with Crippen molar-refractivity contribution in [2.45, 2.75) is 65.1 Å². The number of rotatable bonds is 6. The van der Waals surface area contributed by atoms with E-state index in [0.29, 0.717) is 25.5 Å². The molecule has 1 amide bonds. The number of amides is 1. The second kappa shape index (κ2) is 6.85. The summed E-state index contributed by atoms with van der Waals surface area (Å²) in [6.07, 6.45) is 0.638. The molecule has 1 aromatic rings. The Bertz CT molecular complexity index is 580. The summed E-state index contributed by atoms with van der Waals surface area (Å²) in [6.45, 7) is 11.6. The van der Waals surface area contributed by atoms with Gasteiger partial charge in [-0.25, -0.2) is 0 Å². The van der Waals surface area contributed by atoms with Crippen molar-refractivity contribution in [3.8, 4) is 0 Å². The summed E-state index contributed by atoms with van der Waals surface area (Å²) in [7, 11) is 1.83. The van der Waals surface area contributed by atoms with E-state index in [1.54, 1.807) is 4.90 Å². The van der Waals surface area contributed by atoms with Crippen LogP contribution in [0.4, 0.5) is 0 Å². The molecule has 4 heteroatoms. The molecule has 1 saturated carbocycles. The van der Waals surface area contributed by atoms with Crippen LogP contribution in [0, 0.1) is 5.41 Å². The number of ether oxygens (including phenoxy) is 1. The molecule has 0 bridgehead atoms. The third-order valence-corrected chi connectivity index (χ3v) is 5.62. The fraction of sp³-hybridized carbons (Fsp3) is 0.650. The highest BCUT2D eigenvalue weighted by molar-refractivity contribution is 5.88. The molecule has 2 atom stereocenters. The molecule has 1 aromatic carbocycles. The molecular formula is C20H32N2O2. The van der Waals surface area contributed by atoms with Crippen molar-refractivity contribution in [1.82, 2.24) is 4.90 Å². The number of benzene rings is 1. The summed E-state index contributed by atoms with van der Waals surface area (Å²) in [4.78, 5) is 14.7. The van der Waals surface area contributed by atoms with Gasteiger partial charge in [0.25, 0.3) is 0 Å². The molecule has 134 valence electrons. The van der Waals surface area contributed by atoms with Gasteiger partial charge in [-0.05, 0) is 24.0 Å². The molecule has 24 heavy (non-hydrogen) atoms. The lowest BCUT2D eigenvalue weighted by Crippen LogP contribution is -2.75. The Morgan fingerprint density at radius 1 is 1.33 bits per heavy atom. The molecule has 0 radical (unpaired) electrons. The van der Waals surface area contributed by atoms with Crippen molar-refractivity contribution in [1.29, 1.82) is 0 Å². The largest absolute Gasteiger partial charge is 0.378 e. The third kappa shape index (κ3) is 3.22. The Hall–Kier alpha value is -1.39. The summed E-state index contributed by atoms with van der Waals surface area (Å²) in [5.74, 6) is 0.508. The topological polar surface area (TPSA) is 55.6 Å². The van der Waals surface area contributed by atoms with Crippen LogP contribution in [0.3, 0.4) is 0 Å². The minimum atomic E-state index is -0.848. The Morgan fingerprint density at radius 2 is 1.92 bits per heavy atom. The molecule has 0 heterocycles. The maximum atomic E-state index is 12.9. The zero-order chi connectivity index (χ0) is 18.1. The highest BCUT2D eigenvalue weighted by atomic mass is 16.5. The van der Waals surface area contributed by atoms with Gasteiger partial charge in [-0.2, -0.15) is 0 Å². The maximum absolute atomic E-state index is 12.9. The van der Waals surface area contributed by atoms with Gasteiger partial charge < -0.3 is 15.4 Å². The average molecular weight is 332 g/mol. The summed E-state index contributed by atoms with van der Waals surface area (Å²) in [5, 5.41) is 0. The molecule has 1 aliphatic rings. The van der Waals surface area contributed by atoms with E-state index in [1.165, 1.54) is 5.56 Å². The lowest BCUT2D eigenvalue weighted by molar-refractivity contribution is -0.178. The van der Waals surface area contributed by atoms with Crippen LogP contribution >= 0.6 is 0 Å². The van der Waals surface area contributed by atoms with E-state index in [4.69, 9.17) is 10.5 Å². The monoisotopic (exact) mass is 332 g/mol. The molecule has 1 fully saturated rings. The first kappa shape index (κ1) is 18.9. The van der Waals surface area contributed by atoms with Crippen molar-refractivity contribution in [3.63, 3.8) is 0 Å². The molecule has 1 aliphatic carbocycles. The lowest BCUT2D eigenvalue weighted by atomic mass is 9.54. The Kier molecular flexibility index (Phi) is 5.41. The molecule has 0 aliphatic heterocycles. The normalized spacial score (nSPS) is 25.4. The van der Waals surface area contributed by atoms with Gasteiger partial charge in [0, 0.05) is 32.0 Å². The first-order valence-corrected chi connectivity index (χ1v) is 8.88. The number of hydrogen-bond acceptors (Lipinski definition) is 3. The average Bonchev–Trinajstić information content (AvgIpc) is 2.54. The van der Waals surface area contributed by atoms with Crippen molar-refractivity contribution in [2.75, 3.05) is 13.7 Å². The van der Waals surface area contributed by atoms with Gasteiger partial charge in [0.2, 0.25) is 5.91 Å². The van der Waals surface area contributed by atoms with E-state index in [-0.39, 0.29) is 17.4 Å². The molecule has 2 N–H and O–H groups in total. The zero-order valence-corrected chi connectivity index (χ0v) is 15.9. The van der Waals surface area contributed by atoms with Crippen LogP contribution in [0.1, 0.15) is 58.1 Å². The number of nitrogens with two attached hydrogens (primary N) is 1. The van der Waals surface area contributed by atoms with Crippen LogP contribution in [-0.4, -0.2) is 36.1 Å². The van der Waals surface area contributed by atoms with Gasteiger partial charge in [-0.1, -0.05) is 52.0 Å². The van der Waals surface area contributed by atoms with E-state index < -0.39 is 5.54 Å². The smallest absolute Gasteiger partial charge is 0.243 e. The van der Waals surface area contributed by atoms with Gasteiger partial charge in [0.1, 0.15) is 5.54 Å². The SMILES string of the molecule is CCOC1CC(N)(C(=O)N(C)Cc2ccc(C(C)C)cc2)C1(C)C. The zero-order valence-electron chi connectivity index (χ0n) is 15.9. The predicted octanol–water partition coefficient (Wildman–Crippen LogP) is 3.30. The van der Waals surface area contributed by atoms with Gasteiger partial charge in [-0.15, -0.1) is 0 Å². The Balaban J connectivity index is 2.04. The van der Waals surface area contributed by atoms with Crippen LogP contribution in [0.5, 0.6) is 0 Å². The molecule has 0 aromatic heterocycles. The number of hydrogen-bond donors (Lipinski definition) is 1. The summed E-state index contributed by atoms with van der Waals surface area (Å²) < 4.78 is 5.72. The van der Waals surface area contributed by atoms with Crippen molar-refractivity contribution >= 4 is 5.91 Å². The predicted molar refractivity (Wildman–Crippen MR) is 97.7 cm³/mol. The van der Waals surface area contributed by atoms with Crippen LogP contribution in [0.15, 0.2) is 24.3 Å². The van der Waals surface area contributed by atoms with Crippen LogP contribution in [-0.2, 0) is 16.1 Å². The molecule has 2 rings (SSSR count). The first-order chi connectivity index (χ1) is 11.1. The number of carbonyl (C=O) groups is 1. The Labute approximate surface area is 146 Å². The number of nitrogens with zero attached hydrogens (tertiary/aromatic N) is 1. The van der Waals surface area contributed by atoms with Crippen LogP contribution in [0.25, 0.3) is 0 Å².